The standard InChI is InChI=1S/C47H36N3O2.C14H16NSi.Ir/c1-26(2)35-23-31(29-13-7-6-8-14-29)24-36(27(3)4)43(35)50-44-32-16-10-9-15-30(32)20-22-38(44)48-46(50)34-21-19-28(5)41-42-40(51-45(34)41)25-37-33-17-11-12-18-39(33)52-47(37)49-42;1-16(2,3)13-9-10-14(15-11-13)12-7-5-4-6-8-12;/h6-20,22-27H,1-5H3;4-7,9-11H,1-3H3;/q2*-1;/i5D3;;. The van der Waals surface area contributed by atoms with Crippen molar-refractivity contribution in [2.24, 2.45) is 0 Å². The molecule has 0 saturated heterocycles. The molecule has 0 atom stereocenters. The molecule has 0 amide bonds. The summed E-state index contributed by atoms with van der Waals surface area (Å²) in [6, 6.07) is 57.7. The predicted octanol–water partition coefficient (Wildman–Crippen LogP) is 16.2. The predicted molar refractivity (Wildman–Crippen MR) is 285 cm³/mol. The molecule has 1 radical (unpaired) electrons. The maximum absolute atomic E-state index is 8.59. The van der Waals surface area contributed by atoms with Gasteiger partial charge >= 0.3 is 0 Å². The smallest absolute Gasteiger partial charge is 0.228 e. The van der Waals surface area contributed by atoms with Crippen molar-refractivity contribution in [2.75, 3.05) is 0 Å². The Balaban J connectivity index is 0.000000300. The summed E-state index contributed by atoms with van der Waals surface area (Å²) in [5.74, 6) is 0.913. The van der Waals surface area contributed by atoms with Crippen molar-refractivity contribution >= 4 is 79.2 Å². The van der Waals surface area contributed by atoms with Crippen LogP contribution in [0.4, 0.5) is 0 Å². The molecule has 0 spiro atoms. The molecule has 12 aromatic rings. The molecule has 0 N–H and O–H groups in total. The molecule has 0 aliphatic rings. The minimum Gasteiger partial charge on any atom is -0.499 e. The number of fused-ring (bicyclic) bond motifs is 9. The fourth-order valence-corrected chi connectivity index (χ4v) is 10.5. The van der Waals surface area contributed by atoms with Crippen LogP contribution in [0.15, 0.2) is 167 Å². The van der Waals surface area contributed by atoms with E-state index in [2.05, 4.69) is 154 Å². The third-order valence-electron chi connectivity index (χ3n) is 13.0. The molecule has 0 aliphatic carbocycles. The van der Waals surface area contributed by atoms with Crippen LogP contribution in [0.1, 0.15) is 60.3 Å². The zero-order chi connectivity index (χ0) is 49.3. The van der Waals surface area contributed by atoms with E-state index in [1.807, 2.05) is 66.9 Å². The van der Waals surface area contributed by atoms with E-state index in [-0.39, 0.29) is 37.5 Å². The van der Waals surface area contributed by atoms with Crippen LogP contribution in [-0.2, 0) is 20.1 Å². The minimum atomic E-state index is -2.46. The van der Waals surface area contributed by atoms with E-state index >= 15 is 0 Å². The third kappa shape index (κ3) is 8.20. The number of rotatable bonds is 7. The third-order valence-corrected chi connectivity index (χ3v) is 15.0. The van der Waals surface area contributed by atoms with Gasteiger partial charge in [-0.3, -0.25) is 4.98 Å². The number of pyridine rings is 2. The summed E-state index contributed by atoms with van der Waals surface area (Å²) in [5.41, 5.74) is 12.6. The van der Waals surface area contributed by atoms with Gasteiger partial charge in [0.25, 0.3) is 0 Å². The molecule has 0 aliphatic heterocycles. The van der Waals surface area contributed by atoms with Gasteiger partial charge in [0.05, 0.1) is 35.9 Å². The van der Waals surface area contributed by atoms with Gasteiger partial charge < -0.3 is 18.4 Å². The van der Waals surface area contributed by atoms with Gasteiger partial charge in [-0.1, -0.05) is 151 Å². The Bertz CT molecular complexity index is 3940. The fraction of sp³-hybridized carbons (Fsp3) is 0.164. The van der Waals surface area contributed by atoms with Gasteiger partial charge in [0, 0.05) is 46.9 Å². The number of furan rings is 2. The molecule has 0 bridgehead atoms. The molecule has 12 rings (SSSR count). The number of para-hydroxylation sites is 1. The summed E-state index contributed by atoms with van der Waals surface area (Å²) < 4.78 is 41.0. The second kappa shape index (κ2) is 18.2. The van der Waals surface area contributed by atoms with Crippen LogP contribution in [-0.4, -0.2) is 27.6 Å². The molecule has 0 unspecified atom stereocenters. The fourth-order valence-electron chi connectivity index (χ4n) is 9.42. The van der Waals surface area contributed by atoms with Gasteiger partial charge in [-0.25, -0.2) is 4.98 Å². The van der Waals surface area contributed by atoms with Crippen LogP contribution in [0, 0.1) is 19.0 Å². The van der Waals surface area contributed by atoms with E-state index in [4.69, 9.17) is 22.9 Å². The second-order valence-electron chi connectivity index (χ2n) is 19.2. The largest absolute Gasteiger partial charge is 0.499 e. The first-order valence-corrected chi connectivity index (χ1v) is 26.8. The van der Waals surface area contributed by atoms with E-state index < -0.39 is 14.9 Å². The topological polar surface area (TPSA) is 69.9 Å². The molecule has 5 aromatic heterocycles. The molecular weight excluding hydrogens is 1040 g/mol. The van der Waals surface area contributed by atoms with E-state index in [9.17, 15) is 0 Å². The van der Waals surface area contributed by atoms with E-state index in [0.717, 1.165) is 60.6 Å². The zero-order valence-electron chi connectivity index (χ0n) is 42.6. The summed E-state index contributed by atoms with van der Waals surface area (Å²) in [6.07, 6.45) is 2.02. The number of hydrogen-bond acceptors (Lipinski definition) is 5. The molecule has 5 heterocycles. The molecule has 0 saturated carbocycles. The maximum atomic E-state index is 8.59. The molecule has 69 heavy (non-hydrogen) atoms. The summed E-state index contributed by atoms with van der Waals surface area (Å²) in [5, 5.41) is 5.66. The Labute approximate surface area is 421 Å². The van der Waals surface area contributed by atoms with Crippen LogP contribution in [0.5, 0.6) is 0 Å². The van der Waals surface area contributed by atoms with Crippen molar-refractivity contribution < 1.29 is 33.1 Å². The van der Waals surface area contributed by atoms with Crippen molar-refractivity contribution in [3.05, 3.63) is 187 Å². The SMILES string of the molecule is C[Si](C)(C)c1ccc(-c2[c-]cccc2)nc1.[2H]C([2H])([2H])c1c[c-]c(-c2nc3ccc4ccccc4c3n2-c2c(C(C)C)cc(-c3ccccc3)cc2C(C)C)c2oc3cc4c(nc3c12)oc1ccccc14.[Ir]. The van der Waals surface area contributed by atoms with Crippen LogP contribution in [0.3, 0.4) is 0 Å². The number of nitrogens with zero attached hydrogens (tertiary/aromatic N) is 4. The first-order chi connectivity index (χ1) is 34.1. The van der Waals surface area contributed by atoms with Gasteiger partial charge in [0.1, 0.15) is 16.7 Å². The van der Waals surface area contributed by atoms with Crippen molar-refractivity contribution in [1.82, 2.24) is 19.5 Å². The van der Waals surface area contributed by atoms with Crippen LogP contribution in [0.25, 0.3) is 105 Å². The molecule has 7 aromatic carbocycles. The number of hydrogen-bond donors (Lipinski definition) is 0. The number of aromatic nitrogens is 4. The van der Waals surface area contributed by atoms with Crippen LogP contribution in [0.2, 0.25) is 19.6 Å². The number of aryl methyl sites for hydroxylation is 1. The average Bonchev–Trinajstić information content (AvgIpc) is 4.06. The molecule has 343 valence electrons. The second-order valence-corrected chi connectivity index (χ2v) is 24.3. The molecular formula is C61H52IrN4O2Si-2. The Morgan fingerprint density at radius 3 is 2.09 bits per heavy atom. The maximum Gasteiger partial charge on any atom is 0.228 e. The monoisotopic (exact) mass is 1100 g/mol. The average molecular weight is 1100 g/mol. The molecule has 0 fully saturated rings. The van der Waals surface area contributed by atoms with Gasteiger partial charge in [-0.05, 0) is 86.1 Å². The molecule has 8 heteroatoms. The summed E-state index contributed by atoms with van der Waals surface area (Å²) in [4.78, 5) is 14.8. The van der Waals surface area contributed by atoms with Crippen molar-refractivity contribution in [2.45, 2.75) is 66.0 Å². The first kappa shape index (κ1) is 42.2. The van der Waals surface area contributed by atoms with E-state index in [1.165, 1.54) is 16.3 Å². The zero-order valence-corrected chi connectivity index (χ0v) is 43.0. The van der Waals surface area contributed by atoms with E-state index in [0.29, 0.717) is 44.8 Å². The van der Waals surface area contributed by atoms with Gasteiger partial charge in [0.15, 0.2) is 0 Å². The quantitative estimate of drug-likeness (QED) is 0.117. The van der Waals surface area contributed by atoms with Crippen molar-refractivity contribution in [1.29, 1.82) is 0 Å². The summed E-state index contributed by atoms with van der Waals surface area (Å²) in [7, 11) is -1.23. The number of imidazole rings is 1. The summed E-state index contributed by atoms with van der Waals surface area (Å²) in [6.45, 7) is 13.5. The van der Waals surface area contributed by atoms with Crippen LogP contribution >= 0.6 is 0 Å². The Morgan fingerprint density at radius 2 is 1.39 bits per heavy atom. The van der Waals surface area contributed by atoms with Gasteiger partial charge in [0.2, 0.25) is 5.71 Å². The van der Waals surface area contributed by atoms with Crippen molar-refractivity contribution in [3.8, 4) is 39.5 Å². The molecule has 6 nitrogen and oxygen atoms in total. The Kier molecular flexibility index (Phi) is 11.1. The number of benzene rings is 7. The Morgan fingerprint density at radius 1 is 0.667 bits per heavy atom. The van der Waals surface area contributed by atoms with Gasteiger partial charge in [-0.15, -0.1) is 53.6 Å². The normalized spacial score (nSPS) is 12.7. The van der Waals surface area contributed by atoms with Gasteiger partial charge in [-0.2, -0.15) is 0 Å². The van der Waals surface area contributed by atoms with E-state index in [1.54, 1.807) is 6.07 Å². The Hall–Kier alpha value is -6.96. The van der Waals surface area contributed by atoms with Crippen LogP contribution < -0.4 is 5.19 Å². The summed E-state index contributed by atoms with van der Waals surface area (Å²) >= 11 is 0. The minimum absolute atomic E-state index is 0. The van der Waals surface area contributed by atoms with Crippen molar-refractivity contribution in [3.63, 3.8) is 0 Å². The first-order valence-electron chi connectivity index (χ1n) is 24.8.